The van der Waals surface area contributed by atoms with Crippen molar-refractivity contribution < 1.29 is 19.3 Å². The molecule has 0 aliphatic carbocycles. The maximum Gasteiger partial charge on any atom is 0.0781 e. The third-order valence-corrected chi connectivity index (χ3v) is 1.51. The lowest BCUT2D eigenvalue weighted by Crippen LogP contribution is -2.23. The summed E-state index contributed by atoms with van der Waals surface area (Å²) in [6.07, 6.45) is 0.108. The molecule has 0 fully saturated rings. The summed E-state index contributed by atoms with van der Waals surface area (Å²) < 4.78 is 15.5. The molecule has 0 aromatic heterocycles. The molecule has 0 radical (unpaired) electrons. The Hall–Kier alpha value is -0.160. The number of aliphatic hydroxyl groups excluding tert-OH is 1. The van der Waals surface area contributed by atoms with Crippen LogP contribution in [-0.4, -0.2) is 50.9 Å². The summed E-state index contributed by atoms with van der Waals surface area (Å²) in [5.74, 6) is 0. The monoisotopic (exact) mass is 192 g/mol. The summed E-state index contributed by atoms with van der Waals surface area (Å²) >= 11 is 0. The summed E-state index contributed by atoms with van der Waals surface area (Å²) in [5, 5.41) is 8.49. The van der Waals surface area contributed by atoms with Gasteiger partial charge in [-0.15, -0.1) is 0 Å². The Kier molecular flexibility index (Phi) is 8.33. The smallest absolute Gasteiger partial charge is 0.0781 e. The van der Waals surface area contributed by atoms with Crippen LogP contribution in [0.4, 0.5) is 0 Å². The second-order valence-corrected chi connectivity index (χ2v) is 3.00. The number of hydrogen-bond donors (Lipinski definition) is 1. The molecule has 0 saturated carbocycles. The molecule has 0 spiro atoms. The molecule has 0 heterocycles. The van der Waals surface area contributed by atoms with E-state index in [0.717, 1.165) is 0 Å². The van der Waals surface area contributed by atoms with Crippen LogP contribution in [0.2, 0.25) is 0 Å². The zero-order valence-electron chi connectivity index (χ0n) is 8.66. The van der Waals surface area contributed by atoms with Crippen molar-refractivity contribution in [3.05, 3.63) is 0 Å². The lowest BCUT2D eigenvalue weighted by atomic mass is 10.4. The van der Waals surface area contributed by atoms with Crippen molar-refractivity contribution in [3.63, 3.8) is 0 Å². The second-order valence-electron chi connectivity index (χ2n) is 3.00. The quantitative estimate of drug-likeness (QED) is 0.606. The average molecular weight is 192 g/mol. The molecule has 13 heavy (non-hydrogen) atoms. The minimum atomic E-state index is 0.0199. The first-order chi connectivity index (χ1) is 6.20. The van der Waals surface area contributed by atoms with Crippen molar-refractivity contribution in [2.24, 2.45) is 0 Å². The molecule has 4 nitrogen and oxygen atoms in total. The maximum atomic E-state index is 8.49. The van der Waals surface area contributed by atoms with E-state index in [-0.39, 0.29) is 18.8 Å². The van der Waals surface area contributed by atoms with Gasteiger partial charge in [0, 0.05) is 7.11 Å². The second kappa shape index (κ2) is 8.44. The molecule has 0 aromatic rings. The normalized spacial score (nSPS) is 15.7. The fraction of sp³-hybridized carbons (Fsp3) is 1.00. The molecule has 2 unspecified atom stereocenters. The van der Waals surface area contributed by atoms with Crippen molar-refractivity contribution in [3.8, 4) is 0 Å². The lowest BCUT2D eigenvalue weighted by molar-refractivity contribution is -0.0562. The minimum Gasteiger partial charge on any atom is -0.394 e. The van der Waals surface area contributed by atoms with Gasteiger partial charge in [0.05, 0.1) is 38.6 Å². The SMILES string of the molecule is COCC(C)OCC(C)OCCO. The molecular weight excluding hydrogens is 172 g/mol. The largest absolute Gasteiger partial charge is 0.394 e. The highest BCUT2D eigenvalue weighted by atomic mass is 16.6. The van der Waals surface area contributed by atoms with E-state index < -0.39 is 0 Å². The van der Waals surface area contributed by atoms with Gasteiger partial charge in [-0.1, -0.05) is 0 Å². The molecule has 4 heteroatoms. The molecule has 0 rings (SSSR count). The van der Waals surface area contributed by atoms with Crippen LogP contribution in [0.25, 0.3) is 0 Å². The van der Waals surface area contributed by atoms with Gasteiger partial charge in [0.15, 0.2) is 0 Å². The summed E-state index contributed by atoms with van der Waals surface area (Å²) in [5.41, 5.74) is 0. The van der Waals surface area contributed by atoms with Crippen LogP contribution in [0.1, 0.15) is 13.8 Å². The van der Waals surface area contributed by atoms with Crippen molar-refractivity contribution >= 4 is 0 Å². The van der Waals surface area contributed by atoms with E-state index in [1.807, 2.05) is 13.8 Å². The molecule has 0 amide bonds. The Balaban J connectivity index is 3.29. The molecule has 0 aliphatic rings. The van der Waals surface area contributed by atoms with Gasteiger partial charge in [0.2, 0.25) is 0 Å². The number of aliphatic hydroxyl groups is 1. The van der Waals surface area contributed by atoms with Crippen LogP contribution in [0, 0.1) is 0 Å². The van der Waals surface area contributed by atoms with E-state index in [1.54, 1.807) is 7.11 Å². The fourth-order valence-corrected chi connectivity index (χ4v) is 0.885. The lowest BCUT2D eigenvalue weighted by Gasteiger charge is -2.16. The summed E-state index contributed by atoms with van der Waals surface area (Å²) in [7, 11) is 1.64. The summed E-state index contributed by atoms with van der Waals surface area (Å²) in [6.45, 7) is 5.40. The maximum absolute atomic E-state index is 8.49. The predicted molar refractivity (Wildman–Crippen MR) is 49.8 cm³/mol. The minimum absolute atomic E-state index is 0.0199. The van der Waals surface area contributed by atoms with Crippen LogP contribution in [0.15, 0.2) is 0 Å². The van der Waals surface area contributed by atoms with Gasteiger partial charge in [-0.05, 0) is 13.8 Å². The third-order valence-electron chi connectivity index (χ3n) is 1.51. The Morgan fingerprint density at radius 1 is 1.08 bits per heavy atom. The van der Waals surface area contributed by atoms with Crippen molar-refractivity contribution in [2.75, 3.05) is 33.5 Å². The van der Waals surface area contributed by atoms with Crippen LogP contribution in [-0.2, 0) is 14.2 Å². The van der Waals surface area contributed by atoms with E-state index in [0.29, 0.717) is 19.8 Å². The highest BCUT2D eigenvalue weighted by molar-refractivity contribution is 4.51. The number of hydrogen-bond acceptors (Lipinski definition) is 4. The molecule has 2 atom stereocenters. The van der Waals surface area contributed by atoms with Gasteiger partial charge in [-0.25, -0.2) is 0 Å². The highest BCUT2D eigenvalue weighted by Crippen LogP contribution is 1.96. The zero-order valence-corrected chi connectivity index (χ0v) is 8.66. The van der Waals surface area contributed by atoms with E-state index in [2.05, 4.69) is 0 Å². The summed E-state index contributed by atoms with van der Waals surface area (Å²) in [6, 6.07) is 0. The Morgan fingerprint density at radius 2 is 1.69 bits per heavy atom. The predicted octanol–water partition coefficient (Wildman–Crippen LogP) is 0.435. The molecular formula is C9H20O4. The standard InChI is InChI=1S/C9H20O4/c1-8(6-11-3)13-7-9(2)12-5-4-10/h8-10H,4-7H2,1-3H3. The average Bonchev–Trinajstić information content (AvgIpc) is 2.12. The van der Waals surface area contributed by atoms with Crippen LogP contribution in [0.5, 0.6) is 0 Å². The van der Waals surface area contributed by atoms with Crippen molar-refractivity contribution in [2.45, 2.75) is 26.1 Å². The Labute approximate surface area is 79.8 Å². The Bertz CT molecular complexity index is 108. The first-order valence-corrected chi connectivity index (χ1v) is 4.53. The van der Waals surface area contributed by atoms with Crippen LogP contribution < -0.4 is 0 Å². The molecule has 0 bridgehead atoms. The first-order valence-electron chi connectivity index (χ1n) is 4.53. The van der Waals surface area contributed by atoms with E-state index in [1.165, 1.54) is 0 Å². The highest BCUT2D eigenvalue weighted by Gasteiger charge is 2.05. The van der Waals surface area contributed by atoms with Gasteiger partial charge in [0.25, 0.3) is 0 Å². The zero-order chi connectivity index (χ0) is 10.1. The molecule has 1 N–H and O–H groups in total. The molecule has 0 aromatic carbocycles. The van der Waals surface area contributed by atoms with E-state index in [4.69, 9.17) is 19.3 Å². The van der Waals surface area contributed by atoms with Gasteiger partial charge in [-0.3, -0.25) is 0 Å². The number of methoxy groups -OCH3 is 1. The number of rotatable bonds is 8. The van der Waals surface area contributed by atoms with E-state index >= 15 is 0 Å². The molecule has 0 aliphatic heterocycles. The summed E-state index contributed by atoms with van der Waals surface area (Å²) in [4.78, 5) is 0. The van der Waals surface area contributed by atoms with Gasteiger partial charge in [0.1, 0.15) is 0 Å². The van der Waals surface area contributed by atoms with Crippen molar-refractivity contribution in [1.82, 2.24) is 0 Å². The van der Waals surface area contributed by atoms with Crippen LogP contribution in [0.3, 0.4) is 0 Å². The van der Waals surface area contributed by atoms with Gasteiger partial charge < -0.3 is 19.3 Å². The molecule has 80 valence electrons. The fourth-order valence-electron chi connectivity index (χ4n) is 0.885. The van der Waals surface area contributed by atoms with Crippen molar-refractivity contribution in [1.29, 1.82) is 0 Å². The molecule has 0 saturated heterocycles. The van der Waals surface area contributed by atoms with Crippen LogP contribution >= 0.6 is 0 Å². The topological polar surface area (TPSA) is 47.9 Å². The van der Waals surface area contributed by atoms with E-state index in [9.17, 15) is 0 Å². The number of ether oxygens (including phenoxy) is 3. The first kappa shape index (κ1) is 12.8. The van der Waals surface area contributed by atoms with Gasteiger partial charge >= 0.3 is 0 Å². The Morgan fingerprint density at radius 3 is 2.23 bits per heavy atom. The van der Waals surface area contributed by atoms with Gasteiger partial charge in [-0.2, -0.15) is 0 Å². The third kappa shape index (κ3) is 8.18.